The standard InChI is InChI=1S/C30H28NOP/c1-23-18-20-25(21-19-23)30-31-29(24(2)32-30)22-33(26-12-6-3-7-13-26,27-14-8-4-9-15-27)28-16-10-5-11-17-28/h3-21,33H,22H2,1-2H3. The van der Waals surface area contributed by atoms with Crippen LogP contribution in [0.3, 0.4) is 0 Å². The van der Waals surface area contributed by atoms with Gasteiger partial charge in [0.1, 0.15) is 0 Å². The molecule has 0 amide bonds. The number of nitrogens with zero attached hydrogens (tertiary/aromatic N) is 1. The molecule has 0 saturated carbocycles. The molecule has 0 atom stereocenters. The summed E-state index contributed by atoms with van der Waals surface area (Å²) in [6.07, 6.45) is 0.840. The molecule has 1 aromatic heterocycles. The van der Waals surface area contributed by atoms with Crippen LogP contribution in [-0.4, -0.2) is 4.98 Å². The fourth-order valence-electron chi connectivity index (χ4n) is 4.64. The van der Waals surface area contributed by atoms with Gasteiger partial charge in [-0.05, 0) is 0 Å². The second kappa shape index (κ2) is 9.17. The zero-order valence-electron chi connectivity index (χ0n) is 19.0. The molecule has 0 unspecified atom stereocenters. The molecule has 4 aromatic carbocycles. The van der Waals surface area contributed by atoms with Gasteiger partial charge >= 0.3 is 196 Å². The fourth-order valence-corrected chi connectivity index (χ4v) is 9.36. The van der Waals surface area contributed by atoms with Gasteiger partial charge in [0.2, 0.25) is 0 Å². The van der Waals surface area contributed by atoms with E-state index in [1.54, 1.807) is 0 Å². The summed E-state index contributed by atoms with van der Waals surface area (Å²) < 4.78 is 6.21. The van der Waals surface area contributed by atoms with Gasteiger partial charge in [-0.2, -0.15) is 0 Å². The van der Waals surface area contributed by atoms with Gasteiger partial charge in [-0.3, -0.25) is 0 Å². The number of aryl methyl sites for hydroxylation is 2. The average molecular weight is 450 g/mol. The third kappa shape index (κ3) is 4.15. The summed E-state index contributed by atoms with van der Waals surface area (Å²) in [5, 5.41) is 4.13. The van der Waals surface area contributed by atoms with Crippen LogP contribution in [0.15, 0.2) is 120 Å². The summed E-state index contributed by atoms with van der Waals surface area (Å²) in [5.41, 5.74) is 3.28. The SMILES string of the molecule is Cc1ccc(-c2nc(C[PH](c3ccccc3)(c3ccccc3)c3ccccc3)c(C)o2)cc1. The quantitative estimate of drug-likeness (QED) is 0.289. The Balaban J connectivity index is 1.70. The van der Waals surface area contributed by atoms with Crippen LogP contribution in [0.25, 0.3) is 11.5 Å². The first-order valence-electron chi connectivity index (χ1n) is 11.4. The van der Waals surface area contributed by atoms with Gasteiger partial charge in [0.25, 0.3) is 0 Å². The molecule has 33 heavy (non-hydrogen) atoms. The molecule has 0 bridgehead atoms. The van der Waals surface area contributed by atoms with E-state index in [0.29, 0.717) is 5.89 Å². The molecule has 0 saturated heterocycles. The molecular weight excluding hydrogens is 421 g/mol. The third-order valence-corrected chi connectivity index (χ3v) is 11.2. The number of hydrogen-bond donors (Lipinski definition) is 0. The zero-order chi connectivity index (χ0) is 22.7. The maximum atomic E-state index is 6.21. The van der Waals surface area contributed by atoms with Crippen molar-refractivity contribution in [1.29, 1.82) is 0 Å². The van der Waals surface area contributed by atoms with Crippen molar-refractivity contribution in [3.8, 4) is 11.5 Å². The van der Waals surface area contributed by atoms with Gasteiger partial charge in [-0.1, -0.05) is 0 Å². The van der Waals surface area contributed by atoms with Crippen molar-refractivity contribution in [3.05, 3.63) is 132 Å². The summed E-state index contributed by atoms with van der Waals surface area (Å²) in [4.78, 5) is 5.04. The van der Waals surface area contributed by atoms with E-state index in [0.717, 1.165) is 23.2 Å². The van der Waals surface area contributed by atoms with E-state index in [1.807, 2.05) is 6.92 Å². The van der Waals surface area contributed by atoms with Gasteiger partial charge in [0.15, 0.2) is 0 Å². The molecule has 0 spiro atoms. The van der Waals surface area contributed by atoms with Crippen LogP contribution in [0.5, 0.6) is 0 Å². The molecule has 0 aliphatic rings. The van der Waals surface area contributed by atoms with Crippen molar-refractivity contribution in [2.75, 3.05) is 0 Å². The van der Waals surface area contributed by atoms with E-state index in [1.165, 1.54) is 21.5 Å². The topological polar surface area (TPSA) is 26.0 Å². The minimum atomic E-state index is -2.42. The van der Waals surface area contributed by atoms with Crippen LogP contribution in [0.2, 0.25) is 0 Å². The molecule has 3 heteroatoms. The van der Waals surface area contributed by atoms with E-state index in [2.05, 4.69) is 122 Å². The van der Waals surface area contributed by atoms with E-state index in [4.69, 9.17) is 9.40 Å². The molecule has 164 valence electrons. The predicted molar refractivity (Wildman–Crippen MR) is 142 cm³/mol. The summed E-state index contributed by atoms with van der Waals surface area (Å²) >= 11 is 0. The number of benzene rings is 4. The van der Waals surface area contributed by atoms with Crippen LogP contribution in [0.4, 0.5) is 0 Å². The summed E-state index contributed by atoms with van der Waals surface area (Å²) in [6.45, 7) is 4.13. The van der Waals surface area contributed by atoms with E-state index >= 15 is 0 Å². The zero-order valence-corrected chi connectivity index (χ0v) is 20.0. The van der Waals surface area contributed by atoms with Crippen LogP contribution in [-0.2, 0) is 6.16 Å². The first kappa shape index (κ1) is 21.4. The van der Waals surface area contributed by atoms with Crippen LogP contribution in [0.1, 0.15) is 17.0 Å². The fraction of sp³-hybridized carbons (Fsp3) is 0.100. The van der Waals surface area contributed by atoms with E-state index < -0.39 is 7.26 Å². The molecular formula is C30H28NOP. The second-order valence-electron chi connectivity index (χ2n) is 8.57. The van der Waals surface area contributed by atoms with Crippen LogP contribution >= 0.6 is 7.26 Å². The number of aromatic nitrogens is 1. The van der Waals surface area contributed by atoms with Crippen LogP contribution < -0.4 is 15.9 Å². The number of hydrogen-bond acceptors (Lipinski definition) is 2. The first-order chi connectivity index (χ1) is 16.2. The summed E-state index contributed by atoms with van der Waals surface area (Å²) in [6, 6.07) is 41.2. The Kier molecular flexibility index (Phi) is 5.94. The van der Waals surface area contributed by atoms with Gasteiger partial charge in [-0.25, -0.2) is 0 Å². The van der Waals surface area contributed by atoms with Gasteiger partial charge in [-0.15, -0.1) is 0 Å². The van der Waals surface area contributed by atoms with Crippen molar-refractivity contribution < 1.29 is 4.42 Å². The van der Waals surface area contributed by atoms with E-state index in [-0.39, 0.29) is 0 Å². The van der Waals surface area contributed by atoms with Gasteiger partial charge in [0, 0.05) is 0 Å². The molecule has 0 N–H and O–H groups in total. The Morgan fingerprint density at radius 2 is 1.06 bits per heavy atom. The second-order valence-corrected chi connectivity index (χ2v) is 12.5. The molecule has 0 fully saturated rings. The number of oxazole rings is 1. The summed E-state index contributed by atoms with van der Waals surface area (Å²) in [5.74, 6) is 1.59. The Bertz CT molecular complexity index is 1230. The first-order valence-corrected chi connectivity index (χ1v) is 13.6. The van der Waals surface area contributed by atoms with E-state index in [9.17, 15) is 0 Å². The normalized spacial score (nSPS) is 11.9. The Labute approximate surface area is 196 Å². The van der Waals surface area contributed by atoms with Crippen molar-refractivity contribution in [2.24, 2.45) is 0 Å². The average Bonchev–Trinajstić information content (AvgIpc) is 3.24. The van der Waals surface area contributed by atoms with Crippen molar-refractivity contribution in [2.45, 2.75) is 20.0 Å². The Morgan fingerprint density at radius 1 is 0.606 bits per heavy atom. The van der Waals surface area contributed by atoms with Crippen molar-refractivity contribution >= 4 is 23.2 Å². The summed E-state index contributed by atoms with van der Waals surface area (Å²) in [7, 11) is -2.42. The Hall–Kier alpha value is -3.48. The molecule has 0 aliphatic carbocycles. The monoisotopic (exact) mass is 449 g/mol. The molecule has 0 radical (unpaired) electrons. The molecule has 5 rings (SSSR count). The maximum absolute atomic E-state index is 6.21. The molecule has 5 aromatic rings. The molecule has 0 aliphatic heterocycles. The van der Waals surface area contributed by atoms with Gasteiger partial charge < -0.3 is 0 Å². The third-order valence-electron chi connectivity index (χ3n) is 6.42. The molecule has 2 nitrogen and oxygen atoms in total. The van der Waals surface area contributed by atoms with Crippen LogP contribution in [0, 0.1) is 13.8 Å². The predicted octanol–water partition coefficient (Wildman–Crippen LogP) is 6.18. The van der Waals surface area contributed by atoms with Crippen molar-refractivity contribution in [3.63, 3.8) is 0 Å². The Morgan fingerprint density at radius 3 is 1.52 bits per heavy atom. The van der Waals surface area contributed by atoms with Crippen molar-refractivity contribution in [1.82, 2.24) is 4.98 Å². The van der Waals surface area contributed by atoms with Gasteiger partial charge in [0.05, 0.1) is 0 Å². The number of rotatable bonds is 6. The minimum absolute atomic E-state index is 0.694. The molecule has 1 heterocycles.